The summed E-state index contributed by atoms with van der Waals surface area (Å²) in [4.78, 5) is 0. The molecule has 0 radical (unpaired) electrons. The van der Waals surface area contributed by atoms with Crippen molar-refractivity contribution in [1.82, 2.24) is 0 Å². The molecule has 0 atom stereocenters. The van der Waals surface area contributed by atoms with Gasteiger partial charge in [-0.2, -0.15) is 0 Å². The second-order valence-corrected chi connectivity index (χ2v) is 8.88. The first-order chi connectivity index (χ1) is 8.50. The van der Waals surface area contributed by atoms with Gasteiger partial charge in [0.1, 0.15) is 9.84 Å². The van der Waals surface area contributed by atoms with E-state index in [-0.39, 0.29) is 5.25 Å². The Morgan fingerprint density at radius 1 is 0.833 bits per heavy atom. The van der Waals surface area contributed by atoms with Crippen LogP contribution in [0.3, 0.4) is 0 Å². The minimum absolute atomic E-state index is 0.0410. The predicted octanol–water partition coefficient (Wildman–Crippen LogP) is 3.81. The lowest BCUT2D eigenvalue weighted by Gasteiger charge is -2.37. The topological polar surface area (TPSA) is 34.1 Å². The molecule has 2 nitrogen and oxygen atoms in total. The fourth-order valence-corrected chi connectivity index (χ4v) is 5.18. The maximum Gasteiger partial charge on any atom is 0.150 e. The highest BCUT2D eigenvalue weighted by molar-refractivity contribution is 7.91. The van der Waals surface area contributed by atoms with Crippen molar-refractivity contribution in [3.63, 3.8) is 0 Å². The van der Waals surface area contributed by atoms with Gasteiger partial charge in [0, 0.05) is 6.26 Å². The summed E-state index contributed by atoms with van der Waals surface area (Å²) in [6, 6.07) is 0. The average Bonchev–Trinajstić information content (AvgIpc) is 2.38. The van der Waals surface area contributed by atoms with Gasteiger partial charge in [-0.15, -0.1) is 0 Å². The maximum absolute atomic E-state index is 11.6. The molecule has 0 aromatic carbocycles. The highest BCUT2D eigenvalue weighted by Gasteiger charge is 2.33. The fraction of sp³-hybridized carbons (Fsp3) is 1.00. The van der Waals surface area contributed by atoms with E-state index in [1.54, 1.807) is 0 Å². The summed E-state index contributed by atoms with van der Waals surface area (Å²) in [7, 11) is -2.79. The number of sulfone groups is 1. The van der Waals surface area contributed by atoms with Gasteiger partial charge in [0.25, 0.3) is 0 Å². The van der Waals surface area contributed by atoms with Gasteiger partial charge < -0.3 is 0 Å². The third kappa shape index (κ3) is 3.49. The Labute approximate surface area is 112 Å². The van der Waals surface area contributed by atoms with Crippen LogP contribution in [0.1, 0.15) is 64.7 Å². The van der Waals surface area contributed by atoms with Gasteiger partial charge in [-0.25, -0.2) is 8.42 Å². The van der Waals surface area contributed by atoms with E-state index in [0.29, 0.717) is 0 Å². The van der Waals surface area contributed by atoms with Crippen LogP contribution in [0.2, 0.25) is 0 Å². The van der Waals surface area contributed by atoms with E-state index < -0.39 is 9.84 Å². The van der Waals surface area contributed by atoms with Crippen molar-refractivity contribution in [2.75, 3.05) is 6.26 Å². The normalized spacial score (nSPS) is 38.6. The quantitative estimate of drug-likeness (QED) is 0.783. The van der Waals surface area contributed by atoms with Crippen LogP contribution in [0.25, 0.3) is 0 Å². The summed E-state index contributed by atoms with van der Waals surface area (Å²) < 4.78 is 23.1. The molecule has 0 unspecified atom stereocenters. The summed E-state index contributed by atoms with van der Waals surface area (Å²) in [6.45, 7) is 2.31. The van der Waals surface area contributed by atoms with Gasteiger partial charge in [0.15, 0.2) is 0 Å². The monoisotopic (exact) mass is 272 g/mol. The van der Waals surface area contributed by atoms with Gasteiger partial charge in [-0.05, 0) is 56.3 Å². The molecule has 0 spiro atoms. The molecule has 0 saturated heterocycles. The van der Waals surface area contributed by atoms with Crippen molar-refractivity contribution >= 4 is 9.84 Å². The van der Waals surface area contributed by atoms with E-state index in [0.717, 1.165) is 43.4 Å². The Bertz CT molecular complexity index is 345. The van der Waals surface area contributed by atoms with E-state index in [1.165, 1.54) is 38.4 Å². The Morgan fingerprint density at radius 2 is 1.28 bits per heavy atom. The van der Waals surface area contributed by atoms with Crippen LogP contribution >= 0.6 is 0 Å². The van der Waals surface area contributed by atoms with E-state index >= 15 is 0 Å². The maximum atomic E-state index is 11.6. The zero-order chi connectivity index (χ0) is 13.2. The molecule has 0 aliphatic heterocycles. The molecule has 3 heteroatoms. The highest BCUT2D eigenvalue weighted by atomic mass is 32.2. The predicted molar refractivity (Wildman–Crippen MR) is 76.3 cm³/mol. The van der Waals surface area contributed by atoms with Crippen LogP contribution in [0.4, 0.5) is 0 Å². The largest absolute Gasteiger partial charge is 0.229 e. The summed E-state index contributed by atoms with van der Waals surface area (Å²) in [6.07, 6.45) is 12.5. The molecule has 2 aliphatic rings. The van der Waals surface area contributed by atoms with Crippen LogP contribution in [-0.2, 0) is 9.84 Å². The number of rotatable bonds is 3. The molecule has 2 fully saturated rings. The van der Waals surface area contributed by atoms with Gasteiger partial charge >= 0.3 is 0 Å². The number of hydrogen-bond acceptors (Lipinski definition) is 2. The highest BCUT2D eigenvalue weighted by Crippen LogP contribution is 2.41. The molecule has 106 valence electrons. The molecule has 0 bridgehead atoms. The van der Waals surface area contributed by atoms with E-state index in [4.69, 9.17) is 0 Å². The minimum atomic E-state index is -2.79. The third-order valence-electron chi connectivity index (χ3n) is 5.46. The first-order valence-electron chi connectivity index (χ1n) is 7.69. The number of hydrogen-bond donors (Lipinski definition) is 0. The minimum Gasteiger partial charge on any atom is -0.229 e. The third-order valence-corrected chi connectivity index (χ3v) is 7.14. The summed E-state index contributed by atoms with van der Waals surface area (Å²) >= 11 is 0. The fourth-order valence-electron chi connectivity index (χ4n) is 4.06. The molecule has 0 N–H and O–H groups in total. The zero-order valence-corrected chi connectivity index (χ0v) is 12.7. The zero-order valence-electron chi connectivity index (χ0n) is 11.9. The van der Waals surface area contributed by atoms with Crippen molar-refractivity contribution in [3.05, 3.63) is 0 Å². The Hall–Kier alpha value is -0.0500. The molecule has 2 aliphatic carbocycles. The molecule has 18 heavy (non-hydrogen) atoms. The molecule has 0 heterocycles. The van der Waals surface area contributed by atoms with Gasteiger partial charge in [-0.3, -0.25) is 0 Å². The van der Waals surface area contributed by atoms with E-state index in [9.17, 15) is 8.42 Å². The van der Waals surface area contributed by atoms with Crippen molar-refractivity contribution in [1.29, 1.82) is 0 Å². The lowest BCUT2D eigenvalue weighted by Crippen LogP contribution is -2.30. The van der Waals surface area contributed by atoms with Crippen molar-refractivity contribution in [2.45, 2.75) is 70.0 Å². The standard InChI is InChI=1S/C15H28O2S/c1-3-12-4-6-13(7-5-12)14-8-10-15(11-9-14)18(2,16)17/h12-15H,3-11H2,1-2H3. The van der Waals surface area contributed by atoms with Crippen molar-refractivity contribution in [2.24, 2.45) is 17.8 Å². The lowest BCUT2D eigenvalue weighted by molar-refractivity contribution is 0.166. The Kier molecular flexibility index (Phi) is 4.74. The molecule has 2 saturated carbocycles. The van der Waals surface area contributed by atoms with Gasteiger partial charge in [0.05, 0.1) is 5.25 Å². The summed E-state index contributed by atoms with van der Waals surface area (Å²) in [5, 5.41) is -0.0410. The van der Waals surface area contributed by atoms with Crippen LogP contribution in [-0.4, -0.2) is 19.9 Å². The summed E-state index contributed by atoms with van der Waals surface area (Å²) in [5.74, 6) is 2.68. The summed E-state index contributed by atoms with van der Waals surface area (Å²) in [5.41, 5.74) is 0. The van der Waals surface area contributed by atoms with Crippen molar-refractivity contribution < 1.29 is 8.42 Å². The SMILES string of the molecule is CCC1CCC(C2CCC(S(C)(=O)=O)CC2)CC1. The molecular formula is C15H28O2S. The smallest absolute Gasteiger partial charge is 0.150 e. The van der Waals surface area contributed by atoms with Crippen LogP contribution < -0.4 is 0 Å². The second-order valence-electron chi connectivity index (χ2n) is 6.56. The van der Waals surface area contributed by atoms with Crippen molar-refractivity contribution in [3.8, 4) is 0 Å². The van der Waals surface area contributed by atoms with Crippen LogP contribution in [0.15, 0.2) is 0 Å². The first-order valence-corrected chi connectivity index (χ1v) is 9.65. The van der Waals surface area contributed by atoms with Gasteiger partial charge in [0.2, 0.25) is 0 Å². The van der Waals surface area contributed by atoms with Gasteiger partial charge in [-0.1, -0.05) is 26.2 Å². The molecule has 0 amide bonds. The second kappa shape index (κ2) is 5.94. The molecule has 2 rings (SSSR count). The lowest BCUT2D eigenvalue weighted by atomic mass is 9.70. The van der Waals surface area contributed by atoms with E-state index in [2.05, 4.69) is 6.92 Å². The Morgan fingerprint density at radius 3 is 1.67 bits per heavy atom. The molecule has 0 aromatic rings. The molecular weight excluding hydrogens is 244 g/mol. The van der Waals surface area contributed by atoms with E-state index in [1.807, 2.05) is 0 Å². The Balaban J connectivity index is 1.80. The first kappa shape index (κ1) is 14.4. The average molecular weight is 272 g/mol. The van der Waals surface area contributed by atoms with Crippen LogP contribution in [0.5, 0.6) is 0 Å². The molecule has 0 aromatic heterocycles. The van der Waals surface area contributed by atoms with Crippen LogP contribution in [0, 0.1) is 17.8 Å².